The monoisotopic (exact) mass is 333 g/mol. The van der Waals surface area contributed by atoms with Crippen LogP contribution in [0.15, 0.2) is 35.0 Å². The lowest BCUT2D eigenvalue weighted by Gasteiger charge is -1.95. The molecule has 0 spiro atoms. The minimum Gasteiger partial charge on any atom is -0.334 e. The highest BCUT2D eigenvalue weighted by molar-refractivity contribution is 9.08. The van der Waals surface area contributed by atoms with E-state index in [2.05, 4.69) is 36.4 Å². The van der Waals surface area contributed by atoms with Crippen molar-refractivity contribution in [3.8, 4) is 11.5 Å². The Morgan fingerprint density at radius 1 is 1.35 bits per heavy atom. The van der Waals surface area contributed by atoms with Crippen LogP contribution >= 0.6 is 15.9 Å². The summed E-state index contributed by atoms with van der Waals surface area (Å²) in [7, 11) is 0. The highest BCUT2D eigenvalue weighted by Crippen LogP contribution is 2.18. The second kappa shape index (κ2) is 5.54. The van der Waals surface area contributed by atoms with E-state index < -0.39 is 0 Å². The molecule has 2 heterocycles. The number of halogens is 1. The van der Waals surface area contributed by atoms with E-state index in [4.69, 9.17) is 4.52 Å². The fourth-order valence-corrected chi connectivity index (χ4v) is 2.09. The van der Waals surface area contributed by atoms with Crippen molar-refractivity contribution in [1.29, 1.82) is 0 Å². The van der Waals surface area contributed by atoms with E-state index in [1.807, 2.05) is 37.4 Å². The molecular formula is C13H12BrN5O. The van der Waals surface area contributed by atoms with E-state index in [0.717, 1.165) is 16.8 Å². The van der Waals surface area contributed by atoms with Gasteiger partial charge in [-0.2, -0.15) is 4.98 Å². The van der Waals surface area contributed by atoms with Gasteiger partial charge in [-0.25, -0.2) is 4.68 Å². The Morgan fingerprint density at radius 2 is 2.25 bits per heavy atom. The van der Waals surface area contributed by atoms with Crippen LogP contribution in [0.25, 0.3) is 11.5 Å². The zero-order valence-corrected chi connectivity index (χ0v) is 12.4. The summed E-state index contributed by atoms with van der Waals surface area (Å²) in [5, 5.41) is 12.6. The summed E-state index contributed by atoms with van der Waals surface area (Å²) in [5.74, 6) is 1.09. The van der Waals surface area contributed by atoms with Gasteiger partial charge in [-0.05, 0) is 19.1 Å². The second-order valence-corrected chi connectivity index (χ2v) is 4.99. The molecule has 0 bridgehead atoms. The Morgan fingerprint density at radius 3 is 3.00 bits per heavy atom. The third-order valence-electron chi connectivity index (χ3n) is 2.76. The maximum absolute atomic E-state index is 5.28. The molecule has 102 valence electrons. The third kappa shape index (κ3) is 2.77. The molecular weight excluding hydrogens is 322 g/mol. The molecule has 0 fully saturated rings. The van der Waals surface area contributed by atoms with E-state index in [-0.39, 0.29) is 0 Å². The summed E-state index contributed by atoms with van der Waals surface area (Å²) < 4.78 is 6.96. The van der Waals surface area contributed by atoms with Crippen LogP contribution in [0.4, 0.5) is 0 Å². The first-order valence-corrected chi connectivity index (χ1v) is 7.21. The molecule has 0 saturated heterocycles. The zero-order valence-electron chi connectivity index (χ0n) is 10.8. The van der Waals surface area contributed by atoms with Gasteiger partial charge in [-0.1, -0.05) is 44.0 Å². The highest BCUT2D eigenvalue weighted by atomic mass is 79.9. The summed E-state index contributed by atoms with van der Waals surface area (Å²) >= 11 is 3.33. The fraction of sp³-hybridized carbons (Fsp3) is 0.231. The van der Waals surface area contributed by atoms with Crippen molar-refractivity contribution in [3.63, 3.8) is 0 Å². The van der Waals surface area contributed by atoms with Crippen molar-refractivity contribution < 1.29 is 4.52 Å². The predicted octanol–water partition coefficient (Wildman–Crippen LogP) is 2.58. The Balaban J connectivity index is 1.80. The van der Waals surface area contributed by atoms with Crippen LogP contribution in [0.2, 0.25) is 0 Å². The number of hydrogen-bond acceptors (Lipinski definition) is 5. The first-order chi connectivity index (χ1) is 9.74. The topological polar surface area (TPSA) is 69.6 Å². The van der Waals surface area contributed by atoms with Crippen LogP contribution in [-0.2, 0) is 11.9 Å². The maximum atomic E-state index is 5.28. The summed E-state index contributed by atoms with van der Waals surface area (Å²) in [4.78, 5) is 4.37. The SMILES string of the molecule is Cc1cccc(-c2nc(Cn3cc(CBr)nn3)no2)c1. The van der Waals surface area contributed by atoms with Crippen LogP contribution in [0, 0.1) is 6.92 Å². The molecule has 0 aliphatic rings. The van der Waals surface area contributed by atoms with Gasteiger partial charge in [0.2, 0.25) is 0 Å². The first-order valence-electron chi connectivity index (χ1n) is 6.09. The van der Waals surface area contributed by atoms with Gasteiger partial charge in [-0.15, -0.1) is 5.10 Å². The van der Waals surface area contributed by atoms with Crippen molar-refractivity contribution in [2.75, 3.05) is 0 Å². The number of rotatable bonds is 4. The zero-order chi connectivity index (χ0) is 13.9. The number of nitrogens with zero attached hydrogens (tertiary/aromatic N) is 5. The second-order valence-electron chi connectivity index (χ2n) is 4.43. The normalized spacial score (nSPS) is 10.9. The molecule has 7 heteroatoms. The first kappa shape index (κ1) is 13.0. The maximum Gasteiger partial charge on any atom is 0.257 e. The molecule has 0 N–H and O–H groups in total. The summed E-state index contributed by atoms with van der Waals surface area (Å²) in [6.45, 7) is 2.47. The molecule has 0 saturated carbocycles. The average molecular weight is 334 g/mol. The van der Waals surface area contributed by atoms with E-state index in [1.54, 1.807) is 4.68 Å². The molecule has 3 rings (SSSR count). The van der Waals surface area contributed by atoms with Gasteiger partial charge in [0.25, 0.3) is 5.89 Å². The molecule has 0 unspecified atom stereocenters. The van der Waals surface area contributed by atoms with E-state index in [0.29, 0.717) is 23.6 Å². The van der Waals surface area contributed by atoms with Crippen molar-refractivity contribution in [2.24, 2.45) is 0 Å². The summed E-state index contributed by atoms with van der Waals surface area (Å²) in [6, 6.07) is 7.95. The molecule has 0 atom stereocenters. The molecule has 1 aromatic carbocycles. The van der Waals surface area contributed by atoms with Crippen LogP contribution in [-0.4, -0.2) is 25.1 Å². The van der Waals surface area contributed by atoms with E-state index in [9.17, 15) is 0 Å². The van der Waals surface area contributed by atoms with Crippen molar-refractivity contribution in [2.45, 2.75) is 18.8 Å². The van der Waals surface area contributed by atoms with Crippen LogP contribution < -0.4 is 0 Å². The Kier molecular flexibility index (Phi) is 3.60. The average Bonchev–Trinajstić information content (AvgIpc) is 3.08. The minimum absolute atomic E-state index is 0.440. The van der Waals surface area contributed by atoms with Gasteiger partial charge in [0.1, 0.15) is 6.54 Å². The third-order valence-corrected chi connectivity index (χ3v) is 3.33. The number of aryl methyl sites for hydroxylation is 1. The largest absolute Gasteiger partial charge is 0.334 e. The number of aromatic nitrogens is 5. The highest BCUT2D eigenvalue weighted by Gasteiger charge is 2.10. The predicted molar refractivity (Wildman–Crippen MR) is 76.2 cm³/mol. The van der Waals surface area contributed by atoms with Gasteiger partial charge in [-0.3, -0.25) is 0 Å². The van der Waals surface area contributed by atoms with Gasteiger partial charge in [0.15, 0.2) is 5.82 Å². The summed E-state index contributed by atoms with van der Waals surface area (Å²) in [5.41, 5.74) is 2.94. The van der Waals surface area contributed by atoms with Gasteiger partial charge in [0.05, 0.1) is 5.69 Å². The van der Waals surface area contributed by atoms with Crippen molar-refractivity contribution in [1.82, 2.24) is 25.1 Å². The fourth-order valence-electron chi connectivity index (χ4n) is 1.84. The molecule has 3 aromatic rings. The molecule has 6 nitrogen and oxygen atoms in total. The molecule has 0 amide bonds. The molecule has 2 aromatic heterocycles. The van der Waals surface area contributed by atoms with E-state index >= 15 is 0 Å². The smallest absolute Gasteiger partial charge is 0.257 e. The number of benzene rings is 1. The molecule has 0 radical (unpaired) electrons. The number of hydrogen-bond donors (Lipinski definition) is 0. The van der Waals surface area contributed by atoms with Crippen LogP contribution in [0.5, 0.6) is 0 Å². The van der Waals surface area contributed by atoms with Gasteiger partial charge < -0.3 is 4.52 Å². The minimum atomic E-state index is 0.440. The van der Waals surface area contributed by atoms with Crippen LogP contribution in [0.3, 0.4) is 0 Å². The van der Waals surface area contributed by atoms with Gasteiger partial charge >= 0.3 is 0 Å². The lowest BCUT2D eigenvalue weighted by molar-refractivity contribution is 0.418. The van der Waals surface area contributed by atoms with Gasteiger partial charge in [0, 0.05) is 17.1 Å². The summed E-state index contributed by atoms with van der Waals surface area (Å²) in [6.07, 6.45) is 1.84. The molecule has 0 aliphatic heterocycles. The molecule has 20 heavy (non-hydrogen) atoms. The van der Waals surface area contributed by atoms with E-state index in [1.165, 1.54) is 0 Å². The Hall–Kier alpha value is -2.02. The lowest BCUT2D eigenvalue weighted by Crippen LogP contribution is -2.02. The molecule has 0 aliphatic carbocycles. The lowest BCUT2D eigenvalue weighted by atomic mass is 10.1. The standard InChI is InChI=1S/C13H12BrN5O/c1-9-3-2-4-10(5-9)13-15-12(17-20-13)8-19-7-11(6-14)16-18-19/h2-5,7H,6,8H2,1H3. The van der Waals surface area contributed by atoms with Crippen LogP contribution in [0.1, 0.15) is 17.1 Å². The Bertz CT molecular complexity index is 721. The number of alkyl halides is 1. The van der Waals surface area contributed by atoms with Crippen molar-refractivity contribution in [3.05, 3.63) is 47.5 Å². The van der Waals surface area contributed by atoms with Crippen molar-refractivity contribution >= 4 is 15.9 Å². The quantitative estimate of drug-likeness (QED) is 0.686. The Labute approximate surface area is 123 Å².